The van der Waals surface area contributed by atoms with Crippen molar-refractivity contribution in [1.29, 1.82) is 0 Å². The Balaban J connectivity index is 1.56. The summed E-state index contributed by atoms with van der Waals surface area (Å²) in [5.74, 6) is 0.172. The van der Waals surface area contributed by atoms with Gasteiger partial charge in [-0.1, -0.05) is 75.4 Å². The lowest BCUT2D eigenvalue weighted by Gasteiger charge is -2.60. The van der Waals surface area contributed by atoms with Crippen LogP contribution in [0.5, 0.6) is 0 Å². The van der Waals surface area contributed by atoms with E-state index in [-0.39, 0.29) is 22.8 Å². The molecule has 0 saturated carbocycles. The molecule has 1 aliphatic carbocycles. The highest BCUT2D eigenvalue weighted by Gasteiger charge is 2.56. The minimum atomic E-state index is 0.0338. The quantitative estimate of drug-likeness (QED) is 0.547. The van der Waals surface area contributed by atoms with Crippen LogP contribution in [-0.2, 0) is 11.8 Å². The number of piperidine rings is 1. The lowest BCUT2D eigenvalue weighted by Crippen LogP contribution is -2.64. The van der Waals surface area contributed by atoms with Crippen LogP contribution in [0.3, 0.4) is 0 Å². The molecule has 142 valence electrons. The van der Waals surface area contributed by atoms with Gasteiger partial charge in [0.1, 0.15) is 0 Å². The molecule has 5 rings (SSSR count). The molecule has 3 aromatic rings. The molecule has 0 aromatic heterocycles. The second-order valence-corrected chi connectivity index (χ2v) is 9.24. The molecule has 2 bridgehead atoms. The third kappa shape index (κ3) is 2.30. The maximum Gasteiger partial charge on any atom is 0.254 e. The second-order valence-electron chi connectivity index (χ2n) is 9.24. The first-order chi connectivity index (χ1) is 13.4. The molecular weight excluding hydrogens is 342 g/mol. The topological polar surface area (TPSA) is 20.3 Å². The standard InChI is InChI=1S/C26H27NO/c1-25(2)23-17-20-10-6-7-11-22(20)26(25,3)14-15-27(23)24(28)21-13-12-18-8-4-5-9-19(18)16-21/h4-13,16,23H,14-15,17H2,1-3H3/t23-,26+/m1/s1. The van der Waals surface area contributed by atoms with E-state index in [4.69, 9.17) is 0 Å². The third-order valence-electron chi connectivity index (χ3n) is 7.77. The monoisotopic (exact) mass is 369 g/mol. The Hall–Kier alpha value is -2.61. The predicted molar refractivity (Wildman–Crippen MR) is 115 cm³/mol. The molecular formula is C26H27NO. The maximum atomic E-state index is 13.6. The summed E-state index contributed by atoms with van der Waals surface area (Å²) in [5.41, 5.74) is 3.83. The van der Waals surface area contributed by atoms with Crippen LogP contribution in [0.25, 0.3) is 10.8 Å². The van der Waals surface area contributed by atoms with Gasteiger partial charge in [0.05, 0.1) is 0 Å². The van der Waals surface area contributed by atoms with Crippen molar-refractivity contribution in [2.45, 2.75) is 45.1 Å². The molecule has 2 nitrogen and oxygen atoms in total. The largest absolute Gasteiger partial charge is 0.335 e. The van der Waals surface area contributed by atoms with E-state index in [1.807, 2.05) is 18.2 Å². The van der Waals surface area contributed by atoms with Crippen molar-refractivity contribution in [3.8, 4) is 0 Å². The second kappa shape index (κ2) is 5.94. The average Bonchev–Trinajstić information content (AvgIpc) is 2.70. The summed E-state index contributed by atoms with van der Waals surface area (Å²) >= 11 is 0. The number of benzene rings is 3. The van der Waals surface area contributed by atoms with Crippen molar-refractivity contribution in [3.63, 3.8) is 0 Å². The zero-order valence-corrected chi connectivity index (χ0v) is 16.9. The van der Waals surface area contributed by atoms with Crippen LogP contribution >= 0.6 is 0 Å². The van der Waals surface area contributed by atoms with Gasteiger partial charge in [-0.05, 0) is 52.3 Å². The van der Waals surface area contributed by atoms with E-state index in [9.17, 15) is 4.79 Å². The highest BCUT2D eigenvalue weighted by Crippen LogP contribution is 2.56. The molecule has 0 N–H and O–H groups in total. The Morgan fingerprint density at radius 1 is 0.929 bits per heavy atom. The van der Waals surface area contributed by atoms with Crippen molar-refractivity contribution in [2.75, 3.05) is 6.54 Å². The molecule has 2 aliphatic rings. The first-order valence-corrected chi connectivity index (χ1v) is 10.3. The van der Waals surface area contributed by atoms with E-state index in [0.717, 1.165) is 30.3 Å². The van der Waals surface area contributed by atoms with Gasteiger partial charge >= 0.3 is 0 Å². The molecule has 2 atom stereocenters. The Kier molecular flexibility index (Phi) is 3.71. The summed E-state index contributed by atoms with van der Waals surface area (Å²) in [5, 5.41) is 2.31. The van der Waals surface area contributed by atoms with Crippen molar-refractivity contribution >= 4 is 16.7 Å². The molecule has 0 spiro atoms. The number of amides is 1. The van der Waals surface area contributed by atoms with E-state index in [1.54, 1.807) is 0 Å². The number of carbonyl (C=O) groups is 1. The highest BCUT2D eigenvalue weighted by molar-refractivity contribution is 5.99. The summed E-state index contributed by atoms with van der Waals surface area (Å²) in [6, 6.07) is 23.4. The molecule has 1 heterocycles. The van der Waals surface area contributed by atoms with Crippen LogP contribution in [0.2, 0.25) is 0 Å². The summed E-state index contributed by atoms with van der Waals surface area (Å²) in [4.78, 5) is 15.7. The summed E-state index contributed by atoms with van der Waals surface area (Å²) < 4.78 is 0. The fourth-order valence-corrected chi connectivity index (χ4v) is 5.60. The third-order valence-corrected chi connectivity index (χ3v) is 7.77. The van der Waals surface area contributed by atoms with Crippen molar-refractivity contribution in [1.82, 2.24) is 4.90 Å². The van der Waals surface area contributed by atoms with Crippen LogP contribution in [0.1, 0.15) is 48.7 Å². The molecule has 1 fully saturated rings. The minimum Gasteiger partial charge on any atom is -0.335 e. The fourth-order valence-electron chi connectivity index (χ4n) is 5.60. The minimum absolute atomic E-state index is 0.0338. The van der Waals surface area contributed by atoms with Crippen LogP contribution < -0.4 is 0 Å². The smallest absolute Gasteiger partial charge is 0.254 e. The normalized spacial score (nSPS) is 25.4. The van der Waals surface area contributed by atoms with Crippen LogP contribution in [0, 0.1) is 5.41 Å². The number of hydrogen-bond acceptors (Lipinski definition) is 1. The summed E-state index contributed by atoms with van der Waals surface area (Å²) in [6.07, 6.45) is 1.95. The van der Waals surface area contributed by atoms with Gasteiger partial charge in [-0.25, -0.2) is 0 Å². The first-order valence-electron chi connectivity index (χ1n) is 10.3. The molecule has 1 saturated heterocycles. The van der Waals surface area contributed by atoms with Crippen molar-refractivity contribution in [3.05, 3.63) is 83.4 Å². The number of hydrogen-bond donors (Lipinski definition) is 0. The fraction of sp³-hybridized carbons (Fsp3) is 0.346. The number of likely N-dealkylation sites (tertiary alicyclic amines) is 1. The van der Waals surface area contributed by atoms with E-state index in [2.05, 4.69) is 74.2 Å². The van der Waals surface area contributed by atoms with Crippen LogP contribution in [-0.4, -0.2) is 23.4 Å². The van der Waals surface area contributed by atoms with E-state index in [1.165, 1.54) is 16.5 Å². The molecule has 1 aliphatic heterocycles. The Labute approximate surface area is 167 Å². The van der Waals surface area contributed by atoms with Gasteiger partial charge in [0.2, 0.25) is 0 Å². The zero-order valence-electron chi connectivity index (χ0n) is 16.9. The lowest BCUT2D eigenvalue weighted by atomic mass is 9.51. The van der Waals surface area contributed by atoms with Crippen molar-refractivity contribution < 1.29 is 4.79 Å². The van der Waals surface area contributed by atoms with Crippen molar-refractivity contribution in [2.24, 2.45) is 5.41 Å². The summed E-state index contributed by atoms with van der Waals surface area (Å²) in [6.45, 7) is 7.93. The number of carbonyl (C=O) groups excluding carboxylic acids is 1. The van der Waals surface area contributed by atoms with Gasteiger partial charge in [0.25, 0.3) is 5.91 Å². The van der Waals surface area contributed by atoms with E-state index in [0.29, 0.717) is 0 Å². The summed E-state index contributed by atoms with van der Waals surface area (Å²) in [7, 11) is 0. The molecule has 1 amide bonds. The van der Waals surface area contributed by atoms with Gasteiger partial charge in [-0.2, -0.15) is 0 Å². The van der Waals surface area contributed by atoms with E-state index >= 15 is 0 Å². The number of fused-ring (bicyclic) bond motifs is 5. The Morgan fingerprint density at radius 2 is 1.64 bits per heavy atom. The van der Waals surface area contributed by atoms with Gasteiger partial charge in [0.15, 0.2) is 0 Å². The maximum absolute atomic E-state index is 13.6. The Morgan fingerprint density at radius 3 is 2.46 bits per heavy atom. The van der Waals surface area contributed by atoms with E-state index < -0.39 is 0 Å². The van der Waals surface area contributed by atoms with Gasteiger partial charge in [-0.15, -0.1) is 0 Å². The van der Waals surface area contributed by atoms with Gasteiger partial charge in [0, 0.05) is 23.6 Å². The molecule has 28 heavy (non-hydrogen) atoms. The molecule has 3 aromatic carbocycles. The van der Waals surface area contributed by atoms with Gasteiger partial charge < -0.3 is 4.90 Å². The van der Waals surface area contributed by atoms with Gasteiger partial charge in [-0.3, -0.25) is 4.79 Å². The average molecular weight is 370 g/mol. The Bertz CT molecular complexity index is 1080. The lowest BCUT2D eigenvalue weighted by molar-refractivity contribution is -0.0261. The number of rotatable bonds is 1. The zero-order chi connectivity index (χ0) is 19.5. The predicted octanol–water partition coefficient (Wildman–Crippen LogP) is 5.59. The molecule has 2 heteroatoms. The first kappa shape index (κ1) is 17.5. The van der Waals surface area contributed by atoms with Crippen LogP contribution in [0.4, 0.5) is 0 Å². The van der Waals surface area contributed by atoms with Crippen LogP contribution in [0.15, 0.2) is 66.7 Å². The highest BCUT2D eigenvalue weighted by atomic mass is 16.2. The molecule has 0 radical (unpaired) electrons. The number of nitrogens with zero attached hydrogens (tertiary/aromatic N) is 1. The molecule has 0 unspecified atom stereocenters. The SMILES string of the molecule is CC1(C)[C@H]2Cc3ccccc3[C@]1(C)CCN2C(=O)c1ccc2ccccc2c1.